The third-order valence-corrected chi connectivity index (χ3v) is 6.62. The Bertz CT molecular complexity index is 1110. The number of hydrogen-bond donors (Lipinski definition) is 2. The third kappa shape index (κ3) is 3.93. The molecule has 1 amide bonds. The molecule has 8 heteroatoms. The quantitative estimate of drug-likeness (QED) is 0.340. The molecule has 1 heterocycles. The van der Waals surface area contributed by atoms with Gasteiger partial charge in [0.25, 0.3) is 11.7 Å². The van der Waals surface area contributed by atoms with E-state index in [1.165, 1.54) is 12.1 Å². The summed E-state index contributed by atoms with van der Waals surface area (Å²) in [7, 11) is 0. The van der Waals surface area contributed by atoms with Gasteiger partial charge in [0, 0.05) is 11.6 Å². The Balaban J connectivity index is 1.91. The molecule has 0 bridgehead atoms. The number of aliphatic hydroxyl groups is 1. The van der Waals surface area contributed by atoms with Crippen LogP contribution in [0.3, 0.4) is 0 Å². The van der Waals surface area contributed by atoms with E-state index in [0.29, 0.717) is 17.9 Å². The predicted molar refractivity (Wildman–Crippen MR) is 122 cm³/mol. The highest BCUT2D eigenvalue weighted by Gasteiger charge is 2.49. The van der Waals surface area contributed by atoms with Crippen LogP contribution in [0.25, 0.3) is 5.76 Å². The van der Waals surface area contributed by atoms with Crippen LogP contribution in [0.1, 0.15) is 49.8 Å². The van der Waals surface area contributed by atoms with Gasteiger partial charge in [-0.25, -0.2) is 0 Å². The molecule has 0 spiro atoms. The second kappa shape index (κ2) is 9.04. The number of ether oxygens (including phenoxy) is 1. The number of phenols is 1. The lowest BCUT2D eigenvalue weighted by atomic mass is 9.94. The molecule has 6 nitrogen and oxygen atoms in total. The molecular weight excluding hydrogens is 453 g/mol. The van der Waals surface area contributed by atoms with Crippen molar-refractivity contribution in [3.05, 3.63) is 63.1 Å². The first-order chi connectivity index (χ1) is 15.3. The summed E-state index contributed by atoms with van der Waals surface area (Å²) in [6, 6.07) is 8.34. The number of likely N-dealkylation sites (tertiary alicyclic amines) is 1. The number of aliphatic hydroxyl groups excluding tert-OH is 1. The molecule has 1 unspecified atom stereocenters. The lowest BCUT2D eigenvalue weighted by Gasteiger charge is -2.31. The van der Waals surface area contributed by atoms with Gasteiger partial charge >= 0.3 is 0 Å². The zero-order valence-electron chi connectivity index (χ0n) is 17.5. The van der Waals surface area contributed by atoms with Crippen molar-refractivity contribution in [3.8, 4) is 11.5 Å². The van der Waals surface area contributed by atoms with Gasteiger partial charge in [-0.05, 0) is 55.7 Å². The van der Waals surface area contributed by atoms with Crippen LogP contribution in [0, 0.1) is 0 Å². The van der Waals surface area contributed by atoms with Crippen molar-refractivity contribution < 1.29 is 24.5 Å². The summed E-state index contributed by atoms with van der Waals surface area (Å²) < 4.78 is 5.51. The van der Waals surface area contributed by atoms with Crippen LogP contribution in [0.4, 0.5) is 0 Å². The topological polar surface area (TPSA) is 87.1 Å². The minimum absolute atomic E-state index is 0.0563. The number of halogens is 2. The largest absolute Gasteiger partial charge is 0.507 e. The number of benzene rings is 2. The number of aromatic hydroxyl groups is 1. The molecule has 2 aromatic rings. The molecule has 0 radical (unpaired) electrons. The molecule has 1 atom stereocenters. The second-order valence-corrected chi connectivity index (χ2v) is 8.74. The maximum Gasteiger partial charge on any atom is 0.295 e. The van der Waals surface area contributed by atoms with Gasteiger partial charge in [-0.1, -0.05) is 42.1 Å². The van der Waals surface area contributed by atoms with E-state index in [9.17, 15) is 19.8 Å². The van der Waals surface area contributed by atoms with Crippen molar-refractivity contribution in [1.82, 2.24) is 4.90 Å². The van der Waals surface area contributed by atoms with Gasteiger partial charge in [-0.3, -0.25) is 9.59 Å². The first kappa shape index (κ1) is 22.5. The predicted octanol–water partition coefficient (Wildman–Crippen LogP) is 5.46. The molecule has 2 aromatic carbocycles. The number of amides is 1. The Hall–Kier alpha value is -2.70. The fraction of sp³-hybridized carbons (Fsp3) is 0.333. The molecule has 2 aliphatic rings. The van der Waals surface area contributed by atoms with E-state index < -0.39 is 17.7 Å². The Labute approximate surface area is 196 Å². The number of carbonyl (C=O) groups excluding carboxylic acids is 2. The molecular formula is C24H23Cl2NO5. The number of ketones is 1. The number of phenolic OH excluding ortho intramolecular Hbond substituents is 1. The maximum absolute atomic E-state index is 13.2. The normalized spacial score (nSPS) is 20.8. The summed E-state index contributed by atoms with van der Waals surface area (Å²) in [6.45, 7) is 2.25. The van der Waals surface area contributed by atoms with Gasteiger partial charge < -0.3 is 19.8 Å². The van der Waals surface area contributed by atoms with E-state index in [2.05, 4.69) is 0 Å². The SMILES string of the molecule is CCOc1ccc(Cl)c(/C(O)=C2\C(=O)C(=O)N(C3CCCC3)C2c2ccc(O)c(Cl)c2)c1. The monoisotopic (exact) mass is 475 g/mol. The van der Waals surface area contributed by atoms with Crippen molar-refractivity contribution in [2.45, 2.75) is 44.7 Å². The molecule has 0 aromatic heterocycles. The average molecular weight is 476 g/mol. The molecule has 32 heavy (non-hydrogen) atoms. The molecule has 1 saturated carbocycles. The Kier molecular flexibility index (Phi) is 6.35. The van der Waals surface area contributed by atoms with Crippen LogP contribution in [-0.2, 0) is 9.59 Å². The van der Waals surface area contributed by atoms with E-state index >= 15 is 0 Å². The maximum atomic E-state index is 13.2. The van der Waals surface area contributed by atoms with Crippen LogP contribution in [-0.4, -0.2) is 39.5 Å². The summed E-state index contributed by atoms with van der Waals surface area (Å²) in [4.78, 5) is 27.8. The Morgan fingerprint density at radius 3 is 2.47 bits per heavy atom. The van der Waals surface area contributed by atoms with E-state index in [0.717, 1.165) is 25.7 Å². The molecule has 1 saturated heterocycles. The second-order valence-electron chi connectivity index (χ2n) is 7.93. The first-order valence-corrected chi connectivity index (χ1v) is 11.3. The average Bonchev–Trinajstić information content (AvgIpc) is 3.38. The van der Waals surface area contributed by atoms with Crippen LogP contribution in [0.5, 0.6) is 11.5 Å². The van der Waals surface area contributed by atoms with E-state index in [-0.39, 0.29) is 38.7 Å². The first-order valence-electron chi connectivity index (χ1n) is 10.5. The van der Waals surface area contributed by atoms with Gasteiger partial charge in [0.2, 0.25) is 0 Å². The minimum atomic E-state index is -0.844. The molecule has 1 aliphatic heterocycles. The zero-order chi connectivity index (χ0) is 23.0. The molecule has 168 valence electrons. The van der Waals surface area contributed by atoms with Gasteiger partial charge in [-0.15, -0.1) is 0 Å². The Morgan fingerprint density at radius 1 is 1.09 bits per heavy atom. The molecule has 1 aliphatic carbocycles. The van der Waals surface area contributed by atoms with Crippen molar-refractivity contribution in [2.24, 2.45) is 0 Å². The standard InChI is InChI=1S/C24H23Cl2NO5/c1-2-32-15-8-9-17(25)16(12-15)22(29)20-21(13-7-10-19(28)18(26)11-13)27(24(31)23(20)30)14-5-3-4-6-14/h7-12,14,21,28-29H,2-6H2,1H3/b22-20+. The lowest BCUT2D eigenvalue weighted by molar-refractivity contribution is -0.141. The molecule has 2 fully saturated rings. The van der Waals surface area contributed by atoms with Gasteiger partial charge in [0.05, 0.1) is 28.3 Å². The number of Topliss-reactive ketones (excluding diaryl/α,β-unsaturated/α-hetero) is 1. The third-order valence-electron chi connectivity index (χ3n) is 5.99. The van der Waals surface area contributed by atoms with Crippen LogP contribution < -0.4 is 4.74 Å². The summed E-state index contributed by atoms with van der Waals surface area (Å²) in [5.41, 5.74) is 0.675. The number of rotatable bonds is 5. The minimum Gasteiger partial charge on any atom is -0.507 e. The van der Waals surface area contributed by atoms with Crippen molar-refractivity contribution in [1.29, 1.82) is 0 Å². The van der Waals surface area contributed by atoms with Crippen molar-refractivity contribution >= 4 is 40.7 Å². The smallest absolute Gasteiger partial charge is 0.295 e. The highest BCUT2D eigenvalue weighted by atomic mass is 35.5. The molecule has 2 N–H and O–H groups in total. The van der Waals surface area contributed by atoms with Gasteiger partial charge in [0.1, 0.15) is 17.3 Å². The van der Waals surface area contributed by atoms with Crippen LogP contribution in [0.2, 0.25) is 10.0 Å². The van der Waals surface area contributed by atoms with Gasteiger partial charge in [-0.2, -0.15) is 0 Å². The lowest BCUT2D eigenvalue weighted by Crippen LogP contribution is -2.37. The highest BCUT2D eigenvalue weighted by Crippen LogP contribution is 2.45. The molecule has 4 rings (SSSR count). The summed E-state index contributed by atoms with van der Waals surface area (Å²) in [6.07, 6.45) is 3.46. The summed E-state index contributed by atoms with van der Waals surface area (Å²) in [5, 5.41) is 21.4. The summed E-state index contributed by atoms with van der Waals surface area (Å²) >= 11 is 12.5. The summed E-state index contributed by atoms with van der Waals surface area (Å²) in [5.74, 6) is -1.44. The highest BCUT2D eigenvalue weighted by molar-refractivity contribution is 6.47. The Morgan fingerprint density at radius 2 is 1.81 bits per heavy atom. The van der Waals surface area contributed by atoms with Gasteiger partial charge in [0.15, 0.2) is 0 Å². The number of carbonyl (C=O) groups is 2. The van der Waals surface area contributed by atoms with Crippen LogP contribution >= 0.6 is 23.2 Å². The number of hydrogen-bond acceptors (Lipinski definition) is 5. The van der Waals surface area contributed by atoms with E-state index in [4.69, 9.17) is 27.9 Å². The zero-order valence-corrected chi connectivity index (χ0v) is 19.0. The fourth-order valence-corrected chi connectivity index (χ4v) is 4.91. The number of nitrogens with zero attached hydrogens (tertiary/aromatic N) is 1. The van der Waals surface area contributed by atoms with E-state index in [1.54, 1.807) is 29.2 Å². The fourth-order valence-electron chi connectivity index (χ4n) is 4.52. The van der Waals surface area contributed by atoms with Crippen molar-refractivity contribution in [2.75, 3.05) is 6.61 Å². The van der Waals surface area contributed by atoms with Crippen LogP contribution in [0.15, 0.2) is 42.0 Å². The van der Waals surface area contributed by atoms with E-state index in [1.807, 2.05) is 6.92 Å². The van der Waals surface area contributed by atoms with Crippen molar-refractivity contribution in [3.63, 3.8) is 0 Å².